The molecule has 114 valence electrons. The standard InChI is InChI=1S/C13H9F3N4OS/c1-7-10(13(14,15)16)22-12(18-7)19-11(21)8-2-3-9-17-4-5-20(9)6-8/h2-6H,1H3,(H,18,19,21). The molecule has 5 nitrogen and oxygen atoms in total. The Hall–Kier alpha value is -2.42. The molecule has 3 aromatic rings. The van der Waals surface area contributed by atoms with Gasteiger partial charge in [-0.1, -0.05) is 11.3 Å². The van der Waals surface area contributed by atoms with Gasteiger partial charge in [0, 0.05) is 18.6 Å². The molecule has 0 aliphatic carbocycles. The molecule has 3 heterocycles. The molecule has 22 heavy (non-hydrogen) atoms. The fourth-order valence-electron chi connectivity index (χ4n) is 1.94. The molecule has 0 bridgehead atoms. The topological polar surface area (TPSA) is 59.3 Å². The summed E-state index contributed by atoms with van der Waals surface area (Å²) in [6, 6.07) is 3.19. The summed E-state index contributed by atoms with van der Waals surface area (Å²) in [6.07, 6.45) is 0.321. The van der Waals surface area contributed by atoms with Crippen LogP contribution < -0.4 is 5.32 Å². The van der Waals surface area contributed by atoms with E-state index in [9.17, 15) is 18.0 Å². The number of carbonyl (C=O) groups excluding carboxylic acids is 1. The summed E-state index contributed by atoms with van der Waals surface area (Å²) in [5, 5.41) is 2.30. The van der Waals surface area contributed by atoms with Crippen LogP contribution in [-0.4, -0.2) is 20.3 Å². The third-order valence-electron chi connectivity index (χ3n) is 2.93. The van der Waals surface area contributed by atoms with Crippen LogP contribution in [0.5, 0.6) is 0 Å². The van der Waals surface area contributed by atoms with E-state index in [1.54, 1.807) is 35.1 Å². The highest BCUT2D eigenvalue weighted by molar-refractivity contribution is 7.16. The Morgan fingerprint density at radius 2 is 2.14 bits per heavy atom. The minimum absolute atomic E-state index is 0.0828. The average molecular weight is 326 g/mol. The van der Waals surface area contributed by atoms with E-state index < -0.39 is 17.0 Å². The summed E-state index contributed by atoms with van der Waals surface area (Å²) >= 11 is 0.408. The summed E-state index contributed by atoms with van der Waals surface area (Å²) in [5.74, 6) is -0.530. The number of imidazole rings is 1. The summed E-state index contributed by atoms with van der Waals surface area (Å²) in [6.45, 7) is 1.26. The molecule has 9 heteroatoms. The molecule has 0 atom stereocenters. The third-order valence-corrected chi connectivity index (χ3v) is 4.04. The predicted molar refractivity (Wildman–Crippen MR) is 75.0 cm³/mol. The molecule has 3 aromatic heterocycles. The van der Waals surface area contributed by atoms with Crippen molar-refractivity contribution in [2.24, 2.45) is 0 Å². The van der Waals surface area contributed by atoms with Crippen molar-refractivity contribution in [3.05, 3.63) is 46.9 Å². The van der Waals surface area contributed by atoms with Gasteiger partial charge in [-0.2, -0.15) is 13.2 Å². The molecule has 0 saturated heterocycles. The number of halogens is 3. The summed E-state index contributed by atoms with van der Waals surface area (Å²) < 4.78 is 39.8. The van der Waals surface area contributed by atoms with Gasteiger partial charge in [0.15, 0.2) is 5.13 Å². The van der Waals surface area contributed by atoms with Gasteiger partial charge in [0.25, 0.3) is 5.91 Å². The smallest absolute Gasteiger partial charge is 0.306 e. The normalized spacial score (nSPS) is 11.8. The van der Waals surface area contributed by atoms with Gasteiger partial charge in [0.2, 0.25) is 0 Å². The Bertz CT molecular complexity index is 852. The van der Waals surface area contributed by atoms with Crippen LogP contribution >= 0.6 is 11.3 Å². The first-order valence-corrected chi connectivity index (χ1v) is 6.95. The number of pyridine rings is 1. The van der Waals surface area contributed by atoms with Gasteiger partial charge in [-0.3, -0.25) is 10.1 Å². The first-order chi connectivity index (χ1) is 10.3. The second-order valence-electron chi connectivity index (χ2n) is 4.50. The van der Waals surface area contributed by atoms with Crippen LogP contribution in [0.25, 0.3) is 5.65 Å². The Labute approximate surface area is 126 Å². The van der Waals surface area contributed by atoms with E-state index in [1.807, 2.05) is 0 Å². The number of hydrogen-bond donors (Lipinski definition) is 1. The summed E-state index contributed by atoms with van der Waals surface area (Å²) in [7, 11) is 0. The summed E-state index contributed by atoms with van der Waals surface area (Å²) in [4.78, 5) is 19.1. The maximum absolute atomic E-state index is 12.7. The van der Waals surface area contributed by atoms with Crippen molar-refractivity contribution in [2.45, 2.75) is 13.1 Å². The summed E-state index contributed by atoms with van der Waals surface area (Å²) in [5.41, 5.74) is 0.811. The van der Waals surface area contributed by atoms with Gasteiger partial charge < -0.3 is 4.40 Å². The highest BCUT2D eigenvalue weighted by Gasteiger charge is 2.36. The molecule has 0 radical (unpaired) electrons. The van der Waals surface area contributed by atoms with Gasteiger partial charge in [-0.05, 0) is 19.1 Å². The molecular weight excluding hydrogens is 317 g/mol. The lowest BCUT2D eigenvalue weighted by atomic mass is 10.2. The number of hydrogen-bond acceptors (Lipinski definition) is 4. The zero-order valence-corrected chi connectivity index (χ0v) is 12.0. The number of anilines is 1. The van der Waals surface area contributed by atoms with Crippen molar-refractivity contribution in [1.29, 1.82) is 0 Å². The Morgan fingerprint density at radius 1 is 1.36 bits per heavy atom. The van der Waals surface area contributed by atoms with E-state index in [0.717, 1.165) is 0 Å². The minimum Gasteiger partial charge on any atom is -0.306 e. The fraction of sp³-hybridized carbons (Fsp3) is 0.154. The van der Waals surface area contributed by atoms with Crippen molar-refractivity contribution < 1.29 is 18.0 Å². The van der Waals surface area contributed by atoms with Crippen molar-refractivity contribution in [1.82, 2.24) is 14.4 Å². The number of fused-ring (bicyclic) bond motifs is 1. The van der Waals surface area contributed by atoms with Gasteiger partial charge >= 0.3 is 6.18 Å². The van der Waals surface area contributed by atoms with Crippen molar-refractivity contribution >= 4 is 28.0 Å². The lowest BCUT2D eigenvalue weighted by molar-refractivity contribution is -0.134. The van der Waals surface area contributed by atoms with Crippen LogP contribution in [0.4, 0.5) is 18.3 Å². The number of carbonyl (C=O) groups is 1. The molecule has 3 rings (SSSR count). The van der Waals surface area contributed by atoms with E-state index in [2.05, 4.69) is 15.3 Å². The van der Waals surface area contributed by atoms with E-state index in [1.165, 1.54) is 6.92 Å². The maximum atomic E-state index is 12.7. The van der Waals surface area contributed by atoms with Gasteiger partial charge in [0.1, 0.15) is 10.5 Å². The van der Waals surface area contributed by atoms with Gasteiger partial charge in [-0.25, -0.2) is 9.97 Å². The van der Waals surface area contributed by atoms with Crippen LogP contribution in [-0.2, 0) is 6.18 Å². The van der Waals surface area contributed by atoms with Crippen LogP contribution in [0.1, 0.15) is 20.9 Å². The number of aromatic nitrogens is 3. The molecule has 0 fully saturated rings. The van der Waals surface area contributed by atoms with Crippen molar-refractivity contribution in [3.63, 3.8) is 0 Å². The highest BCUT2D eigenvalue weighted by atomic mass is 32.1. The number of nitrogens with zero attached hydrogens (tertiary/aromatic N) is 3. The third kappa shape index (κ3) is 2.67. The molecule has 0 aliphatic heterocycles. The largest absolute Gasteiger partial charge is 0.427 e. The molecule has 0 aromatic carbocycles. The zero-order valence-electron chi connectivity index (χ0n) is 11.2. The van der Waals surface area contributed by atoms with E-state index in [0.29, 0.717) is 22.5 Å². The first-order valence-electron chi connectivity index (χ1n) is 6.13. The molecule has 0 spiro atoms. The molecule has 0 saturated carbocycles. The number of amides is 1. The van der Waals surface area contributed by atoms with Crippen LogP contribution in [0, 0.1) is 6.92 Å². The highest BCUT2D eigenvalue weighted by Crippen LogP contribution is 2.37. The van der Waals surface area contributed by atoms with E-state index in [-0.39, 0.29) is 10.8 Å². The quantitative estimate of drug-likeness (QED) is 0.785. The SMILES string of the molecule is Cc1nc(NC(=O)c2ccc3nccn3c2)sc1C(F)(F)F. The number of aryl methyl sites for hydroxylation is 1. The number of nitrogens with one attached hydrogen (secondary N) is 1. The average Bonchev–Trinajstić information content (AvgIpc) is 3.03. The monoisotopic (exact) mass is 326 g/mol. The number of rotatable bonds is 2. The van der Waals surface area contributed by atoms with Gasteiger partial charge in [0.05, 0.1) is 11.3 Å². The lowest BCUT2D eigenvalue weighted by Crippen LogP contribution is -2.12. The molecule has 1 amide bonds. The van der Waals surface area contributed by atoms with E-state index in [4.69, 9.17) is 0 Å². The molecule has 1 N–H and O–H groups in total. The Kier molecular flexibility index (Phi) is 3.36. The molecule has 0 aliphatic rings. The van der Waals surface area contributed by atoms with Gasteiger partial charge in [-0.15, -0.1) is 0 Å². The zero-order chi connectivity index (χ0) is 15.9. The second-order valence-corrected chi connectivity index (χ2v) is 5.49. The van der Waals surface area contributed by atoms with Crippen molar-refractivity contribution in [2.75, 3.05) is 5.32 Å². The first kappa shape index (κ1) is 14.5. The van der Waals surface area contributed by atoms with Crippen LogP contribution in [0.15, 0.2) is 30.7 Å². The number of thiazole rings is 1. The Morgan fingerprint density at radius 3 is 2.82 bits per heavy atom. The molecule has 0 unspecified atom stereocenters. The maximum Gasteiger partial charge on any atom is 0.427 e. The molecular formula is C13H9F3N4OS. The van der Waals surface area contributed by atoms with Crippen LogP contribution in [0.2, 0.25) is 0 Å². The number of alkyl halides is 3. The second kappa shape index (κ2) is 5.09. The van der Waals surface area contributed by atoms with Crippen molar-refractivity contribution in [3.8, 4) is 0 Å². The Balaban J connectivity index is 1.85. The predicted octanol–water partition coefficient (Wildman–Crippen LogP) is 3.37. The minimum atomic E-state index is -4.47. The fourth-order valence-corrected chi connectivity index (χ4v) is 2.77. The lowest BCUT2D eigenvalue weighted by Gasteiger charge is -2.03. The van der Waals surface area contributed by atoms with E-state index >= 15 is 0 Å². The van der Waals surface area contributed by atoms with Crippen LogP contribution in [0.3, 0.4) is 0 Å².